The van der Waals surface area contributed by atoms with Crippen molar-refractivity contribution in [3.63, 3.8) is 0 Å². The molecule has 2 aromatic rings. The maximum absolute atomic E-state index is 11.1. The molecule has 112 valence electrons. The van der Waals surface area contributed by atoms with Crippen molar-refractivity contribution in [1.29, 1.82) is 0 Å². The highest BCUT2D eigenvalue weighted by molar-refractivity contribution is 6.31. The van der Waals surface area contributed by atoms with Gasteiger partial charge in [0.15, 0.2) is 0 Å². The summed E-state index contributed by atoms with van der Waals surface area (Å²) in [6, 6.07) is 7.74. The molecule has 21 heavy (non-hydrogen) atoms. The molecule has 0 aliphatic heterocycles. The smallest absolute Gasteiger partial charge is 0.323 e. The van der Waals surface area contributed by atoms with Crippen LogP contribution in [0.1, 0.15) is 17.0 Å². The molecule has 1 heterocycles. The molecule has 0 aliphatic rings. The molecule has 1 aromatic carbocycles. The Hall–Kier alpha value is -2.01. The molecule has 0 saturated carbocycles. The minimum absolute atomic E-state index is 0.0936. The molecular formula is C15H18ClN3O2. The Morgan fingerprint density at radius 1 is 1.33 bits per heavy atom. The summed E-state index contributed by atoms with van der Waals surface area (Å²) in [4.78, 5) is 12.9. The van der Waals surface area contributed by atoms with Gasteiger partial charge in [-0.25, -0.2) is 0 Å². The molecule has 5 nitrogen and oxygen atoms in total. The van der Waals surface area contributed by atoms with Crippen molar-refractivity contribution >= 4 is 23.3 Å². The molecule has 1 N–H and O–H groups in total. The Balaban J connectivity index is 2.32. The number of carboxylic acids is 1. The van der Waals surface area contributed by atoms with Crippen molar-refractivity contribution in [2.45, 2.75) is 20.4 Å². The van der Waals surface area contributed by atoms with Crippen molar-refractivity contribution in [2.24, 2.45) is 7.05 Å². The lowest BCUT2D eigenvalue weighted by Gasteiger charge is -2.23. The molecule has 0 aliphatic carbocycles. The summed E-state index contributed by atoms with van der Waals surface area (Å²) < 4.78 is 1.70. The molecule has 0 spiro atoms. The quantitative estimate of drug-likeness (QED) is 0.923. The molecule has 0 atom stereocenters. The van der Waals surface area contributed by atoms with Crippen LogP contribution in [0, 0.1) is 13.8 Å². The van der Waals surface area contributed by atoms with Gasteiger partial charge in [-0.1, -0.05) is 29.3 Å². The lowest BCUT2D eigenvalue weighted by molar-refractivity contribution is -0.135. The van der Waals surface area contributed by atoms with Gasteiger partial charge in [-0.2, -0.15) is 5.10 Å². The molecule has 0 saturated heterocycles. The van der Waals surface area contributed by atoms with Crippen LogP contribution in [0.15, 0.2) is 24.3 Å². The van der Waals surface area contributed by atoms with Gasteiger partial charge in [-0.15, -0.1) is 0 Å². The number of aryl methyl sites for hydroxylation is 3. The van der Waals surface area contributed by atoms with E-state index < -0.39 is 5.97 Å². The van der Waals surface area contributed by atoms with Crippen molar-refractivity contribution in [2.75, 3.05) is 11.4 Å². The predicted molar refractivity (Wildman–Crippen MR) is 82.8 cm³/mol. The highest BCUT2D eigenvalue weighted by Crippen LogP contribution is 2.24. The second kappa shape index (κ2) is 6.18. The Kier molecular flexibility index (Phi) is 4.53. The number of benzene rings is 1. The fourth-order valence-electron chi connectivity index (χ4n) is 2.19. The molecular weight excluding hydrogens is 290 g/mol. The number of rotatable bonds is 5. The number of hydrogen-bond acceptors (Lipinski definition) is 3. The maximum atomic E-state index is 11.1. The summed E-state index contributed by atoms with van der Waals surface area (Å²) in [6.07, 6.45) is 0. The number of nitrogens with zero attached hydrogens (tertiary/aromatic N) is 3. The fraction of sp³-hybridized carbons (Fsp3) is 0.333. The summed E-state index contributed by atoms with van der Waals surface area (Å²) in [5, 5.41) is 14.0. The van der Waals surface area contributed by atoms with Crippen LogP contribution in [0.3, 0.4) is 0 Å². The van der Waals surface area contributed by atoms with E-state index in [1.807, 2.05) is 45.2 Å². The Bertz CT molecular complexity index is 650. The second-order valence-electron chi connectivity index (χ2n) is 5.06. The summed E-state index contributed by atoms with van der Waals surface area (Å²) in [6.45, 7) is 4.13. The van der Waals surface area contributed by atoms with E-state index in [4.69, 9.17) is 16.7 Å². The van der Waals surface area contributed by atoms with E-state index in [2.05, 4.69) is 5.10 Å². The highest BCUT2D eigenvalue weighted by atomic mass is 35.5. The molecule has 0 unspecified atom stereocenters. The van der Waals surface area contributed by atoms with Crippen LogP contribution >= 0.6 is 11.6 Å². The van der Waals surface area contributed by atoms with Gasteiger partial charge in [0, 0.05) is 12.7 Å². The van der Waals surface area contributed by atoms with Crippen LogP contribution in [0.25, 0.3) is 0 Å². The minimum atomic E-state index is -0.884. The van der Waals surface area contributed by atoms with Crippen LogP contribution < -0.4 is 4.90 Å². The van der Waals surface area contributed by atoms with Crippen LogP contribution in [-0.4, -0.2) is 27.4 Å². The van der Waals surface area contributed by atoms with Gasteiger partial charge >= 0.3 is 5.97 Å². The monoisotopic (exact) mass is 307 g/mol. The van der Waals surface area contributed by atoms with Crippen LogP contribution in [-0.2, 0) is 18.4 Å². The molecule has 0 amide bonds. The summed E-state index contributed by atoms with van der Waals surface area (Å²) >= 11 is 6.25. The van der Waals surface area contributed by atoms with Crippen LogP contribution in [0.5, 0.6) is 0 Å². The molecule has 0 radical (unpaired) electrons. The van der Waals surface area contributed by atoms with E-state index in [0.29, 0.717) is 11.6 Å². The molecule has 6 heteroatoms. The third-order valence-corrected chi connectivity index (χ3v) is 3.82. The first-order chi connectivity index (χ1) is 9.88. The minimum Gasteiger partial charge on any atom is -0.480 e. The largest absolute Gasteiger partial charge is 0.480 e. The zero-order chi connectivity index (χ0) is 15.6. The first-order valence-corrected chi connectivity index (χ1v) is 6.97. The average Bonchev–Trinajstić information content (AvgIpc) is 2.65. The van der Waals surface area contributed by atoms with Gasteiger partial charge in [0.1, 0.15) is 6.54 Å². The second-order valence-corrected chi connectivity index (χ2v) is 5.43. The standard InChI is InChI=1S/C15H18ClN3O2/c1-10-4-6-12(7-5-10)19(9-14(20)21)8-13-15(16)11(2)17-18(13)3/h4-7H,8-9H2,1-3H3,(H,20,21). The van der Waals surface area contributed by atoms with Crippen LogP contribution in [0.4, 0.5) is 5.69 Å². The Labute approximate surface area is 128 Å². The third-order valence-electron chi connectivity index (χ3n) is 3.33. The molecule has 0 bridgehead atoms. The number of aliphatic carboxylic acids is 1. The normalized spacial score (nSPS) is 10.7. The molecule has 1 aromatic heterocycles. The van der Waals surface area contributed by atoms with Crippen molar-refractivity contribution < 1.29 is 9.90 Å². The summed E-state index contributed by atoms with van der Waals surface area (Å²) in [5.74, 6) is -0.884. The van der Waals surface area contributed by atoms with E-state index in [0.717, 1.165) is 22.6 Å². The molecule has 2 rings (SSSR count). The lowest BCUT2D eigenvalue weighted by Crippen LogP contribution is -2.30. The molecule has 0 fully saturated rings. The summed E-state index contributed by atoms with van der Waals surface area (Å²) in [5.41, 5.74) is 3.52. The third kappa shape index (κ3) is 3.55. The Morgan fingerprint density at radius 2 is 1.95 bits per heavy atom. The number of aromatic nitrogens is 2. The van der Waals surface area contributed by atoms with Gasteiger partial charge in [-0.3, -0.25) is 9.48 Å². The highest BCUT2D eigenvalue weighted by Gasteiger charge is 2.17. The summed E-state index contributed by atoms with van der Waals surface area (Å²) in [7, 11) is 1.81. The number of anilines is 1. The fourth-order valence-corrected chi connectivity index (χ4v) is 2.41. The number of carboxylic acid groups (broad SMARTS) is 1. The van der Waals surface area contributed by atoms with E-state index >= 15 is 0 Å². The zero-order valence-electron chi connectivity index (χ0n) is 12.3. The van der Waals surface area contributed by atoms with Crippen molar-refractivity contribution in [1.82, 2.24) is 9.78 Å². The van der Waals surface area contributed by atoms with E-state index in [1.165, 1.54) is 0 Å². The van der Waals surface area contributed by atoms with E-state index in [-0.39, 0.29) is 6.54 Å². The topological polar surface area (TPSA) is 58.4 Å². The van der Waals surface area contributed by atoms with E-state index in [1.54, 1.807) is 9.58 Å². The number of halogens is 1. The maximum Gasteiger partial charge on any atom is 0.323 e. The van der Waals surface area contributed by atoms with Gasteiger partial charge in [-0.05, 0) is 26.0 Å². The predicted octanol–water partition coefficient (Wildman–Crippen LogP) is 2.78. The first-order valence-electron chi connectivity index (χ1n) is 6.60. The van der Waals surface area contributed by atoms with E-state index in [9.17, 15) is 4.79 Å². The van der Waals surface area contributed by atoms with Gasteiger partial charge in [0.2, 0.25) is 0 Å². The van der Waals surface area contributed by atoms with Crippen LogP contribution in [0.2, 0.25) is 5.02 Å². The van der Waals surface area contributed by atoms with Gasteiger partial charge in [0.05, 0.1) is 23.0 Å². The lowest BCUT2D eigenvalue weighted by atomic mass is 10.2. The van der Waals surface area contributed by atoms with Gasteiger partial charge in [0.25, 0.3) is 0 Å². The van der Waals surface area contributed by atoms with Crippen molar-refractivity contribution in [3.05, 3.63) is 46.2 Å². The average molecular weight is 308 g/mol. The van der Waals surface area contributed by atoms with Crippen molar-refractivity contribution in [3.8, 4) is 0 Å². The number of carbonyl (C=O) groups is 1. The number of hydrogen-bond donors (Lipinski definition) is 1. The SMILES string of the molecule is Cc1ccc(N(CC(=O)O)Cc2c(Cl)c(C)nn2C)cc1. The van der Waals surface area contributed by atoms with Gasteiger partial charge < -0.3 is 10.0 Å². The first kappa shape index (κ1) is 15.4. The Morgan fingerprint density at radius 3 is 2.43 bits per heavy atom. The zero-order valence-corrected chi connectivity index (χ0v) is 13.1.